The Morgan fingerprint density at radius 1 is 1.31 bits per heavy atom. The second-order valence-electron chi connectivity index (χ2n) is 6.36. The molecule has 0 aliphatic heterocycles. The first-order valence-electron chi connectivity index (χ1n) is 8.28. The maximum atomic E-state index is 10.9. The van der Waals surface area contributed by atoms with Crippen molar-refractivity contribution in [1.82, 2.24) is 30.6 Å². The molecule has 0 bridgehead atoms. The Morgan fingerprint density at radius 2 is 2.08 bits per heavy atom. The van der Waals surface area contributed by atoms with Gasteiger partial charge in [0, 0.05) is 6.54 Å². The summed E-state index contributed by atoms with van der Waals surface area (Å²) < 4.78 is 5.40. The van der Waals surface area contributed by atoms with Gasteiger partial charge in [-0.05, 0) is 30.0 Å². The Morgan fingerprint density at radius 3 is 2.69 bits per heavy atom. The molecule has 3 N–H and O–H groups in total. The lowest BCUT2D eigenvalue weighted by molar-refractivity contribution is 0.0697. The zero-order valence-corrected chi connectivity index (χ0v) is 14.5. The van der Waals surface area contributed by atoms with Crippen LogP contribution < -0.4 is 5.32 Å². The number of hydrogen-bond donors (Lipinski definition) is 3. The van der Waals surface area contributed by atoms with E-state index in [9.17, 15) is 4.79 Å². The minimum absolute atomic E-state index is 0.127. The first-order valence-corrected chi connectivity index (χ1v) is 8.28. The van der Waals surface area contributed by atoms with Gasteiger partial charge in [0.2, 0.25) is 11.7 Å². The third-order valence-corrected chi connectivity index (χ3v) is 3.83. The summed E-state index contributed by atoms with van der Waals surface area (Å²) in [5.41, 5.74) is 1.24. The van der Waals surface area contributed by atoms with Crippen LogP contribution in [-0.4, -0.2) is 36.4 Å². The Labute approximate surface area is 149 Å². The molecule has 0 aliphatic carbocycles. The number of hydrogen-bond acceptors (Lipinski definition) is 7. The van der Waals surface area contributed by atoms with Crippen molar-refractivity contribution < 1.29 is 14.4 Å². The van der Waals surface area contributed by atoms with E-state index in [0.717, 1.165) is 12.0 Å². The number of nitrogens with zero attached hydrogens (tertiary/aromatic N) is 4. The van der Waals surface area contributed by atoms with Gasteiger partial charge in [0.05, 0.1) is 11.6 Å². The van der Waals surface area contributed by atoms with E-state index in [1.165, 1.54) is 6.33 Å². The van der Waals surface area contributed by atoms with Gasteiger partial charge in [-0.15, -0.1) is 0 Å². The Kier molecular flexibility index (Phi) is 5.37. The molecule has 3 rings (SSSR count). The minimum Gasteiger partial charge on any atom is -0.478 e. The molecule has 1 atom stereocenters. The number of H-pyrrole nitrogens is 1. The monoisotopic (exact) mass is 356 g/mol. The molecule has 0 radical (unpaired) electrons. The van der Waals surface area contributed by atoms with Gasteiger partial charge >= 0.3 is 5.97 Å². The van der Waals surface area contributed by atoms with Crippen molar-refractivity contribution in [3.8, 4) is 11.6 Å². The summed E-state index contributed by atoms with van der Waals surface area (Å²) in [6.45, 7) is 4.78. The van der Waals surface area contributed by atoms with Crippen molar-refractivity contribution in [3.63, 3.8) is 0 Å². The van der Waals surface area contributed by atoms with E-state index < -0.39 is 5.97 Å². The van der Waals surface area contributed by atoms with E-state index in [1.807, 2.05) is 0 Å². The van der Waals surface area contributed by atoms with Crippen LogP contribution in [-0.2, 0) is 6.54 Å². The fourth-order valence-electron chi connectivity index (χ4n) is 2.54. The highest BCUT2D eigenvalue weighted by Gasteiger charge is 2.21. The average Bonchev–Trinajstić information content (AvgIpc) is 3.29. The van der Waals surface area contributed by atoms with Crippen LogP contribution in [0.3, 0.4) is 0 Å². The SMILES string of the molecule is CC(C)CC(NCc1ccc(C(=O)O)cc1)c1nc(-c2ncn[nH]2)no1. The molecule has 0 amide bonds. The first kappa shape index (κ1) is 17.7. The third kappa shape index (κ3) is 4.31. The molecule has 2 aromatic heterocycles. The molecular weight excluding hydrogens is 336 g/mol. The van der Waals surface area contributed by atoms with Crippen LogP contribution in [0.1, 0.15) is 48.1 Å². The lowest BCUT2D eigenvalue weighted by atomic mass is 10.0. The second-order valence-corrected chi connectivity index (χ2v) is 6.36. The maximum absolute atomic E-state index is 10.9. The third-order valence-electron chi connectivity index (χ3n) is 3.83. The Bertz CT molecular complexity index is 842. The Hall–Kier alpha value is -3.07. The van der Waals surface area contributed by atoms with Crippen LogP contribution in [0.25, 0.3) is 11.6 Å². The summed E-state index contributed by atoms with van der Waals surface area (Å²) in [7, 11) is 0. The predicted molar refractivity (Wildman–Crippen MR) is 92.1 cm³/mol. The number of carbonyl (C=O) groups is 1. The van der Waals surface area contributed by atoms with Crippen LogP contribution in [0, 0.1) is 5.92 Å². The number of aromatic amines is 1. The molecule has 2 heterocycles. The van der Waals surface area contributed by atoms with Gasteiger partial charge in [0.15, 0.2) is 5.82 Å². The van der Waals surface area contributed by atoms with Gasteiger partial charge in [-0.25, -0.2) is 9.78 Å². The van der Waals surface area contributed by atoms with Crippen LogP contribution >= 0.6 is 0 Å². The largest absolute Gasteiger partial charge is 0.478 e. The summed E-state index contributed by atoms with van der Waals surface area (Å²) in [5, 5.41) is 22.8. The highest BCUT2D eigenvalue weighted by Crippen LogP contribution is 2.22. The summed E-state index contributed by atoms with van der Waals surface area (Å²) in [4.78, 5) is 19.3. The smallest absolute Gasteiger partial charge is 0.335 e. The Balaban J connectivity index is 1.71. The fraction of sp³-hybridized carbons (Fsp3) is 0.353. The molecule has 0 saturated heterocycles. The molecule has 0 fully saturated rings. The topological polar surface area (TPSA) is 130 Å². The first-order chi connectivity index (χ1) is 12.5. The van der Waals surface area contributed by atoms with E-state index >= 15 is 0 Å². The normalized spacial score (nSPS) is 12.4. The van der Waals surface area contributed by atoms with Crippen LogP contribution in [0.2, 0.25) is 0 Å². The van der Waals surface area contributed by atoms with E-state index in [-0.39, 0.29) is 11.6 Å². The molecule has 0 spiro atoms. The lowest BCUT2D eigenvalue weighted by Gasteiger charge is -2.17. The number of nitrogens with one attached hydrogen (secondary N) is 2. The van der Waals surface area contributed by atoms with E-state index in [1.54, 1.807) is 24.3 Å². The summed E-state index contributed by atoms with van der Waals surface area (Å²) >= 11 is 0. The second kappa shape index (κ2) is 7.87. The standard InChI is InChI=1S/C17H20N6O3/c1-10(2)7-13(16-21-15(23-26-16)14-19-9-20-22-14)18-8-11-3-5-12(6-4-11)17(24)25/h3-6,9-10,13,18H,7-8H2,1-2H3,(H,24,25)(H,19,20,22). The van der Waals surface area contributed by atoms with Gasteiger partial charge in [0.1, 0.15) is 6.33 Å². The maximum Gasteiger partial charge on any atom is 0.335 e. The zero-order chi connectivity index (χ0) is 18.5. The summed E-state index contributed by atoms with van der Waals surface area (Å²) in [6.07, 6.45) is 2.20. The minimum atomic E-state index is -0.937. The van der Waals surface area contributed by atoms with Gasteiger partial charge in [-0.3, -0.25) is 5.10 Å². The van der Waals surface area contributed by atoms with Gasteiger partial charge < -0.3 is 14.9 Å². The highest BCUT2D eigenvalue weighted by molar-refractivity contribution is 5.87. The molecule has 3 aromatic rings. The van der Waals surface area contributed by atoms with E-state index in [0.29, 0.717) is 30.0 Å². The predicted octanol–water partition coefficient (Wildman–Crippen LogP) is 2.43. The summed E-state index contributed by atoms with van der Waals surface area (Å²) in [6, 6.07) is 6.63. The lowest BCUT2D eigenvalue weighted by Crippen LogP contribution is -2.23. The van der Waals surface area contributed by atoms with Crippen molar-refractivity contribution in [3.05, 3.63) is 47.6 Å². The molecule has 136 valence electrons. The number of benzene rings is 1. The number of rotatable bonds is 8. The molecule has 1 aromatic carbocycles. The van der Waals surface area contributed by atoms with E-state index in [4.69, 9.17) is 9.63 Å². The molecule has 9 nitrogen and oxygen atoms in total. The number of carboxylic acids is 1. The van der Waals surface area contributed by atoms with Crippen molar-refractivity contribution in [2.45, 2.75) is 32.9 Å². The molecule has 9 heteroatoms. The summed E-state index contributed by atoms with van der Waals surface area (Å²) in [5.74, 6) is 0.772. The molecule has 26 heavy (non-hydrogen) atoms. The number of carboxylic acid groups (broad SMARTS) is 1. The van der Waals surface area contributed by atoms with Crippen molar-refractivity contribution in [2.75, 3.05) is 0 Å². The van der Waals surface area contributed by atoms with Gasteiger partial charge in [0.25, 0.3) is 0 Å². The molecule has 0 saturated carbocycles. The van der Waals surface area contributed by atoms with Crippen molar-refractivity contribution >= 4 is 5.97 Å². The van der Waals surface area contributed by atoms with Crippen molar-refractivity contribution in [2.24, 2.45) is 5.92 Å². The van der Waals surface area contributed by atoms with Gasteiger partial charge in [-0.2, -0.15) is 10.1 Å². The van der Waals surface area contributed by atoms with E-state index in [2.05, 4.69) is 44.5 Å². The average molecular weight is 356 g/mol. The van der Waals surface area contributed by atoms with Crippen LogP contribution in [0.15, 0.2) is 35.1 Å². The highest BCUT2D eigenvalue weighted by atomic mass is 16.5. The molecule has 0 aliphatic rings. The quantitative estimate of drug-likeness (QED) is 0.561. The van der Waals surface area contributed by atoms with Crippen LogP contribution in [0.4, 0.5) is 0 Å². The molecule has 1 unspecified atom stereocenters. The van der Waals surface area contributed by atoms with Crippen LogP contribution in [0.5, 0.6) is 0 Å². The van der Waals surface area contributed by atoms with Crippen molar-refractivity contribution in [1.29, 1.82) is 0 Å². The number of aromatic nitrogens is 5. The zero-order valence-electron chi connectivity index (χ0n) is 14.5. The number of aromatic carboxylic acids is 1. The van der Waals surface area contributed by atoms with Gasteiger partial charge in [-0.1, -0.05) is 31.1 Å². The molecular formula is C17H20N6O3. The fourth-order valence-corrected chi connectivity index (χ4v) is 2.54.